The molecule has 2 aromatic rings. The Morgan fingerprint density at radius 1 is 1.30 bits per heavy atom. The fourth-order valence-electron chi connectivity index (χ4n) is 2.64. The molecule has 0 unspecified atom stereocenters. The summed E-state index contributed by atoms with van der Waals surface area (Å²) in [4.78, 5) is 12.4. The van der Waals surface area contributed by atoms with Gasteiger partial charge in [0, 0.05) is 31.4 Å². The van der Waals surface area contributed by atoms with Crippen LogP contribution in [0.25, 0.3) is 0 Å². The van der Waals surface area contributed by atoms with Gasteiger partial charge in [-0.1, -0.05) is 19.1 Å². The van der Waals surface area contributed by atoms with E-state index in [-0.39, 0.29) is 5.78 Å². The van der Waals surface area contributed by atoms with Crippen LogP contribution in [0, 0.1) is 0 Å². The number of nitrogens with one attached hydrogen (secondary N) is 1. The van der Waals surface area contributed by atoms with Crippen molar-refractivity contribution < 1.29 is 4.79 Å². The highest BCUT2D eigenvalue weighted by Crippen LogP contribution is 2.18. The third kappa shape index (κ3) is 2.39. The van der Waals surface area contributed by atoms with Crippen LogP contribution < -0.4 is 5.32 Å². The SMILES string of the molecule is CCc1cc(CC(=O)c2ccc3c(c2)CNC3)n(C)n1. The lowest BCUT2D eigenvalue weighted by atomic mass is 10.0. The summed E-state index contributed by atoms with van der Waals surface area (Å²) in [5.74, 6) is 0.158. The predicted octanol–water partition coefficient (Wildman–Crippen LogP) is 2.01. The average Bonchev–Trinajstić information content (AvgIpc) is 3.04. The second-order valence-electron chi connectivity index (χ2n) is 5.29. The van der Waals surface area contributed by atoms with Gasteiger partial charge in [-0.3, -0.25) is 9.48 Å². The molecule has 0 aliphatic carbocycles. The first kappa shape index (κ1) is 13.1. The van der Waals surface area contributed by atoms with Gasteiger partial charge in [-0.15, -0.1) is 0 Å². The Morgan fingerprint density at radius 2 is 2.10 bits per heavy atom. The molecule has 1 aromatic carbocycles. The minimum absolute atomic E-state index is 0.158. The lowest BCUT2D eigenvalue weighted by Gasteiger charge is -2.04. The minimum Gasteiger partial charge on any atom is -0.309 e. The fraction of sp³-hybridized carbons (Fsp3) is 0.375. The Balaban J connectivity index is 1.80. The molecule has 0 spiro atoms. The van der Waals surface area contributed by atoms with Gasteiger partial charge in [0.25, 0.3) is 0 Å². The Hall–Kier alpha value is -1.94. The van der Waals surface area contributed by atoms with Crippen molar-refractivity contribution in [1.82, 2.24) is 15.1 Å². The van der Waals surface area contributed by atoms with Crippen molar-refractivity contribution in [2.45, 2.75) is 32.9 Å². The molecule has 1 aliphatic rings. The van der Waals surface area contributed by atoms with Gasteiger partial charge >= 0.3 is 0 Å². The van der Waals surface area contributed by atoms with E-state index in [2.05, 4.69) is 23.4 Å². The summed E-state index contributed by atoms with van der Waals surface area (Å²) in [6.07, 6.45) is 1.31. The highest BCUT2D eigenvalue weighted by molar-refractivity contribution is 5.97. The summed E-state index contributed by atoms with van der Waals surface area (Å²) in [5, 5.41) is 7.69. The summed E-state index contributed by atoms with van der Waals surface area (Å²) < 4.78 is 1.81. The van der Waals surface area contributed by atoms with Gasteiger partial charge in [0.2, 0.25) is 0 Å². The van der Waals surface area contributed by atoms with Crippen LogP contribution in [-0.4, -0.2) is 15.6 Å². The molecule has 0 radical (unpaired) electrons. The summed E-state index contributed by atoms with van der Waals surface area (Å²) >= 11 is 0. The standard InChI is InChI=1S/C16H19N3O/c1-3-14-7-15(19(2)18-14)8-16(20)11-4-5-12-9-17-10-13(12)6-11/h4-7,17H,3,8-10H2,1-2H3. The topological polar surface area (TPSA) is 46.9 Å². The van der Waals surface area contributed by atoms with Crippen molar-refractivity contribution in [1.29, 1.82) is 0 Å². The fourth-order valence-corrected chi connectivity index (χ4v) is 2.64. The molecule has 1 N–H and O–H groups in total. The number of aromatic nitrogens is 2. The molecule has 0 bridgehead atoms. The van der Waals surface area contributed by atoms with Crippen LogP contribution in [-0.2, 0) is 33.0 Å². The van der Waals surface area contributed by atoms with E-state index in [9.17, 15) is 4.79 Å². The van der Waals surface area contributed by atoms with Crippen LogP contribution >= 0.6 is 0 Å². The van der Waals surface area contributed by atoms with E-state index in [1.807, 2.05) is 29.9 Å². The summed E-state index contributed by atoms with van der Waals surface area (Å²) in [7, 11) is 1.90. The number of carbonyl (C=O) groups is 1. The van der Waals surface area contributed by atoms with Gasteiger partial charge in [0.15, 0.2) is 5.78 Å². The number of ketones is 1. The van der Waals surface area contributed by atoms with Gasteiger partial charge < -0.3 is 5.32 Å². The van der Waals surface area contributed by atoms with E-state index < -0.39 is 0 Å². The third-order valence-corrected chi connectivity index (χ3v) is 3.89. The van der Waals surface area contributed by atoms with Crippen molar-refractivity contribution in [3.8, 4) is 0 Å². The van der Waals surface area contributed by atoms with Crippen LogP contribution in [0.4, 0.5) is 0 Å². The average molecular weight is 269 g/mol. The number of Topliss-reactive ketones (excluding diaryl/α,β-unsaturated/α-hetero) is 1. The number of rotatable bonds is 4. The smallest absolute Gasteiger partial charge is 0.168 e. The van der Waals surface area contributed by atoms with E-state index in [4.69, 9.17) is 0 Å². The number of nitrogens with zero attached hydrogens (tertiary/aromatic N) is 2. The van der Waals surface area contributed by atoms with E-state index in [0.717, 1.165) is 36.5 Å². The maximum absolute atomic E-state index is 12.4. The maximum Gasteiger partial charge on any atom is 0.168 e. The molecule has 0 fully saturated rings. The zero-order valence-corrected chi connectivity index (χ0v) is 11.9. The zero-order chi connectivity index (χ0) is 14.1. The summed E-state index contributed by atoms with van der Waals surface area (Å²) in [6.45, 7) is 3.84. The monoisotopic (exact) mass is 269 g/mol. The highest BCUT2D eigenvalue weighted by atomic mass is 16.1. The molecular formula is C16H19N3O. The largest absolute Gasteiger partial charge is 0.309 e. The molecule has 2 heterocycles. The van der Waals surface area contributed by atoms with Gasteiger partial charge in [0.1, 0.15) is 0 Å². The molecule has 104 valence electrons. The van der Waals surface area contributed by atoms with E-state index in [1.165, 1.54) is 11.1 Å². The van der Waals surface area contributed by atoms with Crippen molar-refractivity contribution in [2.24, 2.45) is 7.05 Å². The van der Waals surface area contributed by atoms with Crippen molar-refractivity contribution in [2.75, 3.05) is 0 Å². The highest BCUT2D eigenvalue weighted by Gasteiger charge is 2.15. The van der Waals surface area contributed by atoms with Gasteiger partial charge in [0.05, 0.1) is 12.1 Å². The molecule has 1 aliphatic heterocycles. The van der Waals surface area contributed by atoms with Crippen LogP contribution in [0.15, 0.2) is 24.3 Å². The number of carbonyl (C=O) groups excluding carboxylic acids is 1. The number of fused-ring (bicyclic) bond motifs is 1. The van der Waals surface area contributed by atoms with Crippen molar-refractivity contribution in [3.05, 3.63) is 52.3 Å². The van der Waals surface area contributed by atoms with Gasteiger partial charge in [-0.25, -0.2) is 0 Å². The molecule has 3 rings (SSSR count). The third-order valence-electron chi connectivity index (χ3n) is 3.89. The minimum atomic E-state index is 0.158. The van der Waals surface area contributed by atoms with Crippen molar-refractivity contribution >= 4 is 5.78 Å². The molecule has 0 atom stereocenters. The van der Waals surface area contributed by atoms with Gasteiger partial charge in [-0.05, 0) is 29.7 Å². The molecule has 1 aromatic heterocycles. The number of hydrogen-bond donors (Lipinski definition) is 1. The van der Waals surface area contributed by atoms with Crippen LogP contribution in [0.5, 0.6) is 0 Å². The molecular weight excluding hydrogens is 250 g/mol. The first-order valence-electron chi connectivity index (χ1n) is 7.05. The Kier molecular flexibility index (Phi) is 3.40. The molecule has 4 heteroatoms. The summed E-state index contributed by atoms with van der Waals surface area (Å²) in [6, 6.07) is 8.04. The second-order valence-corrected chi connectivity index (χ2v) is 5.29. The number of hydrogen-bond acceptors (Lipinski definition) is 3. The molecule has 4 nitrogen and oxygen atoms in total. The molecule has 0 saturated heterocycles. The maximum atomic E-state index is 12.4. The van der Waals surface area contributed by atoms with E-state index in [1.54, 1.807) is 0 Å². The van der Waals surface area contributed by atoms with Gasteiger partial charge in [-0.2, -0.15) is 5.10 Å². The first-order valence-corrected chi connectivity index (χ1v) is 7.05. The Labute approximate surface area is 118 Å². The lowest BCUT2D eigenvalue weighted by molar-refractivity contribution is 0.0990. The number of aryl methyl sites for hydroxylation is 2. The quantitative estimate of drug-likeness (QED) is 0.864. The number of benzene rings is 1. The normalized spacial score (nSPS) is 13.5. The Morgan fingerprint density at radius 3 is 2.85 bits per heavy atom. The van der Waals surface area contributed by atoms with Crippen LogP contribution in [0.1, 0.15) is 39.8 Å². The van der Waals surface area contributed by atoms with Crippen LogP contribution in [0.2, 0.25) is 0 Å². The first-order chi connectivity index (χ1) is 9.67. The summed E-state index contributed by atoms with van der Waals surface area (Å²) in [5.41, 5.74) is 5.36. The van der Waals surface area contributed by atoms with Crippen molar-refractivity contribution in [3.63, 3.8) is 0 Å². The second kappa shape index (κ2) is 5.21. The Bertz CT molecular complexity index is 658. The molecule has 0 saturated carbocycles. The zero-order valence-electron chi connectivity index (χ0n) is 11.9. The van der Waals surface area contributed by atoms with E-state index in [0.29, 0.717) is 6.42 Å². The van der Waals surface area contributed by atoms with Crippen LogP contribution in [0.3, 0.4) is 0 Å². The van der Waals surface area contributed by atoms with E-state index >= 15 is 0 Å². The molecule has 20 heavy (non-hydrogen) atoms. The lowest BCUT2D eigenvalue weighted by Crippen LogP contribution is -2.08. The predicted molar refractivity (Wildman–Crippen MR) is 77.6 cm³/mol. The molecule has 0 amide bonds.